The molecule has 0 saturated carbocycles. The first-order valence-corrected chi connectivity index (χ1v) is 6.19. The molecule has 0 aromatic carbocycles. The summed E-state index contributed by atoms with van der Waals surface area (Å²) in [5.74, 6) is -1.01. The third-order valence-corrected chi connectivity index (χ3v) is 3.28. The molecule has 7 nitrogen and oxygen atoms in total. The molecule has 3 N–H and O–H groups in total. The summed E-state index contributed by atoms with van der Waals surface area (Å²) in [4.78, 5) is 24.8. The number of aromatic amines is 1. The van der Waals surface area contributed by atoms with Crippen LogP contribution in [0.4, 0.5) is 4.79 Å². The molecule has 1 aromatic rings. The second-order valence-electron chi connectivity index (χ2n) is 4.49. The first-order chi connectivity index (χ1) is 8.95. The molecule has 7 heteroatoms. The maximum atomic E-state index is 12.0. The number of carboxylic acid groups (broad SMARTS) is 1. The lowest BCUT2D eigenvalue weighted by Gasteiger charge is -2.30. The summed E-state index contributed by atoms with van der Waals surface area (Å²) in [7, 11) is 1.61. The number of hydrogen-bond donors (Lipinski definition) is 3. The van der Waals surface area contributed by atoms with E-state index in [1.807, 2.05) is 0 Å². The molecule has 2 amide bonds. The topological polar surface area (TPSA) is 98.3 Å². The van der Waals surface area contributed by atoms with Crippen molar-refractivity contribution in [2.75, 3.05) is 7.05 Å². The Hall–Kier alpha value is -2.05. The average Bonchev–Trinajstić information content (AvgIpc) is 2.88. The highest BCUT2D eigenvalue weighted by Gasteiger charge is 2.37. The summed E-state index contributed by atoms with van der Waals surface area (Å²) in [5, 5.41) is 18.3. The average molecular weight is 268 g/mol. The molecule has 106 valence electrons. The van der Waals surface area contributed by atoms with Crippen LogP contribution < -0.4 is 5.32 Å². The number of urea groups is 1. The quantitative estimate of drug-likeness (QED) is 0.721. The predicted octanol–water partition coefficient (Wildman–Crippen LogP) is 1.19. The van der Waals surface area contributed by atoms with Crippen molar-refractivity contribution in [2.45, 2.75) is 38.8 Å². The van der Waals surface area contributed by atoms with Crippen molar-refractivity contribution < 1.29 is 14.7 Å². The Balaban J connectivity index is 2.69. The van der Waals surface area contributed by atoms with Gasteiger partial charge in [0.1, 0.15) is 5.54 Å². The molecule has 0 spiro atoms. The third kappa shape index (κ3) is 3.46. The number of aliphatic carboxylic acids is 1. The van der Waals surface area contributed by atoms with Crippen LogP contribution in [0.15, 0.2) is 12.4 Å². The van der Waals surface area contributed by atoms with Gasteiger partial charge >= 0.3 is 12.0 Å². The van der Waals surface area contributed by atoms with Crippen LogP contribution in [0, 0.1) is 0 Å². The van der Waals surface area contributed by atoms with Gasteiger partial charge < -0.3 is 15.3 Å². The van der Waals surface area contributed by atoms with E-state index in [0.29, 0.717) is 19.4 Å². The van der Waals surface area contributed by atoms with Gasteiger partial charge in [-0.15, -0.1) is 0 Å². The zero-order chi connectivity index (χ0) is 14.5. The van der Waals surface area contributed by atoms with E-state index >= 15 is 0 Å². The van der Waals surface area contributed by atoms with E-state index in [1.165, 1.54) is 4.90 Å². The molecule has 0 bridgehead atoms. The summed E-state index contributed by atoms with van der Waals surface area (Å²) >= 11 is 0. The lowest BCUT2D eigenvalue weighted by atomic mass is 9.93. The maximum absolute atomic E-state index is 12.0. The predicted molar refractivity (Wildman–Crippen MR) is 69.5 cm³/mol. The number of carbonyl (C=O) groups is 2. The SMILES string of the molecule is CCC(CC)(NC(=O)N(C)Cc1cn[nH]c1)C(=O)O. The third-order valence-electron chi connectivity index (χ3n) is 3.28. The number of aromatic nitrogens is 2. The summed E-state index contributed by atoms with van der Waals surface area (Å²) in [5.41, 5.74) is -0.353. The van der Waals surface area contributed by atoms with Crippen LogP contribution in [-0.2, 0) is 11.3 Å². The number of amides is 2. The summed E-state index contributed by atoms with van der Waals surface area (Å²) in [6.45, 7) is 3.85. The molecule has 0 atom stereocenters. The van der Waals surface area contributed by atoms with Gasteiger partial charge in [0, 0.05) is 18.8 Å². The molecule has 1 aromatic heterocycles. The largest absolute Gasteiger partial charge is 0.480 e. The monoisotopic (exact) mass is 268 g/mol. The van der Waals surface area contributed by atoms with E-state index in [-0.39, 0.29) is 0 Å². The lowest BCUT2D eigenvalue weighted by molar-refractivity contribution is -0.144. The van der Waals surface area contributed by atoms with Crippen molar-refractivity contribution in [1.82, 2.24) is 20.4 Å². The van der Waals surface area contributed by atoms with Crippen molar-refractivity contribution in [3.8, 4) is 0 Å². The molecule has 1 heterocycles. The van der Waals surface area contributed by atoms with Gasteiger partial charge in [0.15, 0.2) is 0 Å². The van der Waals surface area contributed by atoms with Crippen molar-refractivity contribution in [3.63, 3.8) is 0 Å². The van der Waals surface area contributed by atoms with Crippen LogP contribution in [0.5, 0.6) is 0 Å². The van der Waals surface area contributed by atoms with Gasteiger partial charge in [-0.3, -0.25) is 5.10 Å². The van der Waals surface area contributed by atoms with E-state index in [2.05, 4.69) is 15.5 Å². The fourth-order valence-corrected chi connectivity index (χ4v) is 1.79. The number of nitrogens with zero attached hydrogens (tertiary/aromatic N) is 2. The molecule has 1 rings (SSSR count). The number of nitrogens with one attached hydrogen (secondary N) is 2. The van der Waals surface area contributed by atoms with Crippen LogP contribution in [0.25, 0.3) is 0 Å². The fourth-order valence-electron chi connectivity index (χ4n) is 1.79. The Labute approximate surface area is 112 Å². The number of rotatable bonds is 6. The molecule has 0 fully saturated rings. The molecule has 19 heavy (non-hydrogen) atoms. The highest BCUT2D eigenvalue weighted by molar-refractivity contribution is 5.86. The zero-order valence-corrected chi connectivity index (χ0v) is 11.4. The lowest BCUT2D eigenvalue weighted by Crippen LogP contribution is -2.56. The fraction of sp³-hybridized carbons (Fsp3) is 0.583. The minimum atomic E-state index is -1.21. The minimum Gasteiger partial charge on any atom is -0.480 e. The molecule has 0 radical (unpaired) electrons. The Kier molecular flexibility index (Phi) is 4.91. The standard InChI is InChI=1S/C12H20N4O3/c1-4-12(5-2,10(17)18)15-11(19)16(3)8-9-6-13-14-7-9/h6-7H,4-5,8H2,1-3H3,(H,13,14)(H,15,19)(H,17,18). The van der Waals surface area contributed by atoms with Gasteiger partial charge in [-0.05, 0) is 12.8 Å². The van der Waals surface area contributed by atoms with Crippen LogP contribution in [-0.4, -0.2) is 44.8 Å². The summed E-state index contributed by atoms with van der Waals surface area (Å²) < 4.78 is 0. The Morgan fingerprint density at radius 2 is 2.11 bits per heavy atom. The molecular formula is C12H20N4O3. The molecule has 0 aliphatic rings. The number of carboxylic acids is 1. The first kappa shape index (κ1) is 15.0. The van der Waals surface area contributed by atoms with Crippen molar-refractivity contribution >= 4 is 12.0 Å². The molecule has 0 aliphatic heterocycles. The summed E-state index contributed by atoms with van der Waals surface area (Å²) in [6, 6.07) is -0.410. The number of hydrogen-bond acceptors (Lipinski definition) is 3. The molecule has 0 unspecified atom stereocenters. The van der Waals surface area contributed by atoms with Gasteiger partial charge in [-0.2, -0.15) is 5.10 Å². The smallest absolute Gasteiger partial charge is 0.329 e. The van der Waals surface area contributed by atoms with Gasteiger partial charge in [0.2, 0.25) is 0 Å². The molecular weight excluding hydrogens is 248 g/mol. The molecule has 0 aliphatic carbocycles. The highest BCUT2D eigenvalue weighted by Crippen LogP contribution is 2.16. The van der Waals surface area contributed by atoms with Crippen molar-refractivity contribution in [3.05, 3.63) is 18.0 Å². The van der Waals surface area contributed by atoms with Gasteiger partial charge in [-0.25, -0.2) is 9.59 Å². The van der Waals surface area contributed by atoms with E-state index in [4.69, 9.17) is 0 Å². The van der Waals surface area contributed by atoms with Crippen molar-refractivity contribution in [2.24, 2.45) is 0 Å². The first-order valence-electron chi connectivity index (χ1n) is 6.19. The highest BCUT2D eigenvalue weighted by atomic mass is 16.4. The normalized spacial score (nSPS) is 11.1. The second-order valence-corrected chi connectivity index (χ2v) is 4.49. The molecule has 0 saturated heterocycles. The van der Waals surface area contributed by atoms with Crippen LogP contribution in [0.2, 0.25) is 0 Å². The number of H-pyrrole nitrogens is 1. The Morgan fingerprint density at radius 3 is 2.53 bits per heavy atom. The minimum absolute atomic E-state index is 0.337. The van der Waals surface area contributed by atoms with E-state index < -0.39 is 17.5 Å². The summed E-state index contributed by atoms with van der Waals surface area (Å²) in [6.07, 6.45) is 3.98. The Morgan fingerprint density at radius 1 is 1.47 bits per heavy atom. The second kappa shape index (κ2) is 6.21. The van der Waals surface area contributed by atoms with Crippen molar-refractivity contribution in [1.29, 1.82) is 0 Å². The van der Waals surface area contributed by atoms with E-state index in [1.54, 1.807) is 33.3 Å². The number of carbonyl (C=O) groups excluding carboxylic acids is 1. The van der Waals surface area contributed by atoms with E-state index in [9.17, 15) is 14.7 Å². The van der Waals surface area contributed by atoms with Crippen LogP contribution in [0.1, 0.15) is 32.3 Å². The van der Waals surface area contributed by atoms with Gasteiger partial charge in [0.25, 0.3) is 0 Å². The van der Waals surface area contributed by atoms with Gasteiger partial charge in [-0.1, -0.05) is 13.8 Å². The van der Waals surface area contributed by atoms with Gasteiger partial charge in [0.05, 0.1) is 12.7 Å². The zero-order valence-electron chi connectivity index (χ0n) is 11.4. The Bertz CT molecular complexity index is 426. The van der Waals surface area contributed by atoms with E-state index in [0.717, 1.165) is 5.56 Å². The maximum Gasteiger partial charge on any atom is 0.329 e. The van der Waals surface area contributed by atoms with Crippen LogP contribution in [0.3, 0.4) is 0 Å². The van der Waals surface area contributed by atoms with Crippen LogP contribution >= 0.6 is 0 Å².